The Labute approximate surface area is 287 Å². The third-order valence-corrected chi connectivity index (χ3v) is 9.93. The minimum absolute atomic E-state index is 0.0826. The van der Waals surface area contributed by atoms with Gasteiger partial charge in [-0.05, 0) is 81.1 Å². The number of esters is 1. The van der Waals surface area contributed by atoms with Gasteiger partial charge in [0.25, 0.3) is 5.91 Å². The Bertz CT molecular complexity index is 1460. The maximum atomic E-state index is 13.8. The second kappa shape index (κ2) is 17.6. The third kappa shape index (κ3) is 9.68. The molecule has 0 bridgehead atoms. The number of unbranched alkanes of at least 4 members (excludes halogenated alkanes) is 3. The van der Waals surface area contributed by atoms with Crippen LogP contribution in [0.5, 0.6) is 5.75 Å². The number of phenolic OH excluding ortho intramolecular Hbond substituents is 1. The molecule has 0 spiro atoms. The Morgan fingerprint density at radius 3 is 2.25 bits per heavy atom. The molecule has 2 aliphatic rings. The van der Waals surface area contributed by atoms with Crippen LogP contribution in [0, 0.1) is 0 Å². The predicted molar refractivity (Wildman–Crippen MR) is 191 cm³/mol. The summed E-state index contributed by atoms with van der Waals surface area (Å²) < 4.78 is 5.01. The summed E-state index contributed by atoms with van der Waals surface area (Å²) in [7, 11) is 0. The van der Waals surface area contributed by atoms with Gasteiger partial charge in [-0.3, -0.25) is 24.3 Å². The molecule has 1 N–H and O–H groups in total. The van der Waals surface area contributed by atoms with E-state index in [0.717, 1.165) is 94.7 Å². The molecule has 48 heavy (non-hydrogen) atoms. The van der Waals surface area contributed by atoms with Crippen LogP contribution in [0.2, 0.25) is 0 Å². The second-order valence-electron chi connectivity index (χ2n) is 13.5. The Hall–Kier alpha value is -3.72. The molecular formula is C40H54N4O4. The first kappa shape index (κ1) is 35.6. The van der Waals surface area contributed by atoms with Crippen molar-refractivity contribution in [2.24, 2.45) is 0 Å². The molecule has 3 atom stereocenters. The molecule has 8 nitrogen and oxygen atoms in total. The molecule has 0 radical (unpaired) electrons. The molecule has 8 heteroatoms. The van der Waals surface area contributed by atoms with Gasteiger partial charge in [0.2, 0.25) is 0 Å². The van der Waals surface area contributed by atoms with Gasteiger partial charge >= 0.3 is 5.97 Å². The van der Waals surface area contributed by atoms with Gasteiger partial charge in [-0.15, -0.1) is 0 Å². The summed E-state index contributed by atoms with van der Waals surface area (Å²) in [6.07, 6.45) is 4.64. The van der Waals surface area contributed by atoms with Gasteiger partial charge in [-0.1, -0.05) is 67.4 Å². The van der Waals surface area contributed by atoms with Crippen molar-refractivity contribution in [2.75, 3.05) is 52.4 Å². The van der Waals surface area contributed by atoms with E-state index in [1.54, 1.807) is 6.07 Å². The summed E-state index contributed by atoms with van der Waals surface area (Å²) in [4.78, 5) is 34.9. The number of aromatic hydroxyl groups is 1. The lowest BCUT2D eigenvalue weighted by molar-refractivity contribution is -0.143. The highest BCUT2D eigenvalue weighted by molar-refractivity contribution is 5.94. The average Bonchev–Trinajstić information content (AvgIpc) is 3.09. The molecule has 1 amide bonds. The molecule has 0 saturated carbocycles. The fourth-order valence-electron chi connectivity index (χ4n) is 7.28. The summed E-state index contributed by atoms with van der Waals surface area (Å²) >= 11 is 0. The molecule has 0 unspecified atom stereocenters. The van der Waals surface area contributed by atoms with Crippen LogP contribution in [0.3, 0.4) is 0 Å². The number of piperazine rings is 2. The molecule has 2 fully saturated rings. The minimum Gasteiger partial charge on any atom is -0.508 e. The maximum Gasteiger partial charge on any atom is 0.305 e. The number of hydrogen-bond acceptors (Lipinski definition) is 7. The topological polar surface area (TPSA) is 76.6 Å². The van der Waals surface area contributed by atoms with E-state index >= 15 is 0 Å². The number of carbonyl (C=O) groups is 2. The number of ether oxygens (including phenoxy) is 1. The molecule has 258 valence electrons. The molecule has 2 aliphatic heterocycles. The molecule has 3 aromatic rings. The lowest BCUT2D eigenvalue weighted by Crippen LogP contribution is -2.56. The third-order valence-electron chi connectivity index (χ3n) is 9.93. The standard InChI is InChI=1S/C40H54N4O4/c1-4-48-38(46)20-10-5-6-11-21-41-22-24-42(25-23-41)40(47)36-18-12-16-34(26-36)39(35-17-13-19-37(45)27-35)44-29-31(2)43(28-32(44)3)30-33-14-8-7-9-15-33/h7-9,12-19,26-27,31-32,39,45H,4-6,10-11,20-25,28-30H2,1-3H3/t31-,32+,39-/m1/s1. The van der Waals surface area contributed by atoms with Gasteiger partial charge < -0.3 is 14.7 Å². The van der Waals surface area contributed by atoms with E-state index < -0.39 is 0 Å². The SMILES string of the molecule is CCOC(=O)CCCCCCN1CCN(C(=O)c2cccc([C@H](c3cccc(O)c3)N3C[C@@H](C)N(Cc4ccccc4)C[C@@H]3C)c2)CC1. The van der Waals surface area contributed by atoms with Crippen LogP contribution in [-0.4, -0.2) is 101 Å². The van der Waals surface area contributed by atoms with Crippen LogP contribution in [-0.2, 0) is 16.1 Å². The van der Waals surface area contributed by atoms with Gasteiger partial charge in [-0.2, -0.15) is 0 Å². The molecule has 0 aliphatic carbocycles. The highest BCUT2D eigenvalue weighted by Gasteiger charge is 2.35. The number of carbonyl (C=O) groups excluding carboxylic acids is 2. The first-order valence-corrected chi connectivity index (χ1v) is 17.9. The Morgan fingerprint density at radius 1 is 0.812 bits per heavy atom. The van der Waals surface area contributed by atoms with Crippen LogP contribution >= 0.6 is 0 Å². The van der Waals surface area contributed by atoms with Crippen molar-refractivity contribution in [1.29, 1.82) is 0 Å². The van der Waals surface area contributed by atoms with E-state index in [-0.39, 0.29) is 29.7 Å². The van der Waals surface area contributed by atoms with Crippen molar-refractivity contribution in [2.45, 2.75) is 77.5 Å². The van der Waals surface area contributed by atoms with Crippen molar-refractivity contribution < 1.29 is 19.4 Å². The lowest BCUT2D eigenvalue weighted by atomic mass is 9.92. The van der Waals surface area contributed by atoms with Gasteiger partial charge in [0.05, 0.1) is 12.6 Å². The van der Waals surface area contributed by atoms with Crippen LogP contribution in [0.4, 0.5) is 0 Å². The second-order valence-corrected chi connectivity index (χ2v) is 13.5. The molecule has 0 aromatic heterocycles. The maximum absolute atomic E-state index is 13.8. The van der Waals surface area contributed by atoms with E-state index in [1.807, 2.05) is 36.1 Å². The Balaban J connectivity index is 1.21. The first-order valence-electron chi connectivity index (χ1n) is 17.9. The van der Waals surface area contributed by atoms with Gasteiger partial charge in [0, 0.05) is 69.9 Å². The van der Waals surface area contributed by atoms with Gasteiger partial charge in [0.15, 0.2) is 0 Å². The van der Waals surface area contributed by atoms with E-state index in [1.165, 1.54) is 5.56 Å². The zero-order chi connectivity index (χ0) is 33.9. The summed E-state index contributed by atoms with van der Waals surface area (Å²) in [5, 5.41) is 10.5. The Kier molecular flexibility index (Phi) is 13.1. The van der Waals surface area contributed by atoms with E-state index in [0.29, 0.717) is 19.1 Å². The highest BCUT2D eigenvalue weighted by Crippen LogP contribution is 2.35. The highest BCUT2D eigenvalue weighted by atomic mass is 16.5. The zero-order valence-electron chi connectivity index (χ0n) is 29.1. The fraction of sp³-hybridized carbons (Fsp3) is 0.500. The van der Waals surface area contributed by atoms with Gasteiger partial charge in [0.1, 0.15) is 5.75 Å². The number of nitrogens with zero attached hydrogens (tertiary/aromatic N) is 4. The Morgan fingerprint density at radius 2 is 1.52 bits per heavy atom. The normalized spacial score (nSPS) is 20.0. The van der Waals surface area contributed by atoms with Crippen molar-refractivity contribution in [3.05, 3.63) is 101 Å². The van der Waals surface area contributed by atoms with E-state index in [2.05, 4.69) is 77.1 Å². The predicted octanol–water partition coefficient (Wildman–Crippen LogP) is 6.35. The van der Waals surface area contributed by atoms with E-state index in [4.69, 9.17) is 4.74 Å². The van der Waals surface area contributed by atoms with Gasteiger partial charge in [-0.25, -0.2) is 0 Å². The van der Waals surface area contributed by atoms with Crippen LogP contribution < -0.4 is 0 Å². The summed E-state index contributed by atoms with van der Waals surface area (Å²) in [6, 6.07) is 26.9. The number of rotatable bonds is 14. The van der Waals surface area contributed by atoms with Crippen LogP contribution in [0.1, 0.15) is 86.0 Å². The van der Waals surface area contributed by atoms with Crippen molar-refractivity contribution in [1.82, 2.24) is 19.6 Å². The monoisotopic (exact) mass is 654 g/mol. The van der Waals surface area contributed by atoms with Crippen LogP contribution in [0.25, 0.3) is 0 Å². The zero-order valence-corrected chi connectivity index (χ0v) is 29.1. The smallest absolute Gasteiger partial charge is 0.305 e. The molecule has 5 rings (SSSR count). The quantitative estimate of drug-likeness (QED) is 0.160. The lowest BCUT2D eigenvalue weighted by Gasteiger charge is -2.47. The van der Waals surface area contributed by atoms with Crippen molar-refractivity contribution in [3.8, 4) is 5.75 Å². The van der Waals surface area contributed by atoms with E-state index in [9.17, 15) is 14.7 Å². The molecule has 3 aromatic carbocycles. The first-order chi connectivity index (χ1) is 23.3. The molecular weight excluding hydrogens is 600 g/mol. The van der Waals surface area contributed by atoms with Crippen molar-refractivity contribution in [3.63, 3.8) is 0 Å². The average molecular weight is 655 g/mol. The van der Waals surface area contributed by atoms with Crippen LogP contribution in [0.15, 0.2) is 78.9 Å². The molecule has 2 heterocycles. The molecule has 2 saturated heterocycles. The number of benzene rings is 3. The number of hydrogen-bond donors (Lipinski definition) is 1. The number of amides is 1. The summed E-state index contributed by atoms with van der Waals surface area (Å²) in [5.41, 5.74) is 4.15. The minimum atomic E-state index is -0.0970. The largest absolute Gasteiger partial charge is 0.508 e. The fourth-order valence-corrected chi connectivity index (χ4v) is 7.28. The number of phenols is 1. The summed E-state index contributed by atoms with van der Waals surface area (Å²) in [5.74, 6) is 0.238. The summed E-state index contributed by atoms with van der Waals surface area (Å²) in [6.45, 7) is 13.8. The van der Waals surface area contributed by atoms with Crippen molar-refractivity contribution >= 4 is 11.9 Å².